The van der Waals surface area contributed by atoms with E-state index in [4.69, 9.17) is 18.5 Å². The van der Waals surface area contributed by atoms with Crippen molar-refractivity contribution in [3.8, 4) is 5.88 Å². The maximum absolute atomic E-state index is 11.9. The van der Waals surface area contributed by atoms with Crippen molar-refractivity contribution in [3.05, 3.63) is 53.9 Å². The normalized spacial score (nSPS) is 12.9. The molecule has 3 aromatic rings. The number of ether oxygens (including phenoxy) is 1. The Hall–Kier alpha value is -3.23. The molecule has 2 aromatic heterocycles. The van der Waals surface area contributed by atoms with Crippen molar-refractivity contribution in [1.82, 2.24) is 9.97 Å². The first-order valence-electron chi connectivity index (χ1n) is 9.16. The number of nitrogens with zero attached hydrogens (tertiary/aromatic N) is 3. The number of aromatic nitrogens is 2. The van der Waals surface area contributed by atoms with Gasteiger partial charge in [0, 0.05) is 27.1 Å². The Morgan fingerprint density at radius 1 is 1.12 bits per heavy atom. The molecule has 1 aromatic carbocycles. The molecule has 0 saturated heterocycles. The Labute approximate surface area is 183 Å². The maximum Gasteiger partial charge on any atom is 0.325 e. The van der Waals surface area contributed by atoms with Crippen LogP contribution in [0.2, 0.25) is 0 Å². The third-order valence-electron chi connectivity index (χ3n) is 3.70. The minimum Gasteiger partial charge on any atom is -0.443 e. The molecule has 0 aliphatic carbocycles. The highest BCUT2D eigenvalue weighted by Gasteiger charge is 2.18. The van der Waals surface area contributed by atoms with E-state index in [1.807, 2.05) is 21.0 Å². The van der Waals surface area contributed by atoms with Gasteiger partial charge in [-0.15, -0.1) is 0 Å². The van der Waals surface area contributed by atoms with Crippen LogP contribution in [-0.2, 0) is 29.4 Å². The second-order valence-electron chi connectivity index (χ2n) is 6.55. The van der Waals surface area contributed by atoms with Crippen molar-refractivity contribution >= 4 is 28.3 Å². The van der Waals surface area contributed by atoms with E-state index in [1.54, 1.807) is 35.4 Å². The lowest BCUT2D eigenvalue weighted by Gasteiger charge is -2.10. The van der Waals surface area contributed by atoms with E-state index in [0.717, 1.165) is 5.56 Å². The maximum atomic E-state index is 11.9. The van der Waals surface area contributed by atoms with Crippen LogP contribution in [0.15, 0.2) is 50.5 Å². The molecule has 0 spiro atoms. The lowest BCUT2D eigenvalue weighted by atomic mass is 10.2. The van der Waals surface area contributed by atoms with Crippen LogP contribution in [0.5, 0.6) is 5.88 Å². The Balaban J connectivity index is 1.42. The molecule has 0 aliphatic heterocycles. The molecule has 0 radical (unpaired) electrons. The highest BCUT2D eigenvalue weighted by atomic mass is 32.2. The summed E-state index contributed by atoms with van der Waals surface area (Å²) in [6, 6.07) is 6.40. The van der Waals surface area contributed by atoms with Crippen molar-refractivity contribution in [2.75, 3.05) is 19.0 Å². The van der Waals surface area contributed by atoms with E-state index >= 15 is 0 Å². The highest BCUT2D eigenvalue weighted by molar-refractivity contribution is 7.86. The van der Waals surface area contributed by atoms with Gasteiger partial charge in [0.05, 0.1) is 11.1 Å². The molecule has 0 amide bonds. The lowest BCUT2D eigenvalue weighted by Crippen LogP contribution is -2.18. The van der Waals surface area contributed by atoms with Crippen molar-refractivity contribution < 1.29 is 41.3 Å². The zero-order chi connectivity index (χ0) is 23.1. The van der Waals surface area contributed by atoms with Crippen LogP contribution in [0.1, 0.15) is 24.1 Å². The number of anilines is 1. The number of aryl methyl sites for hydroxylation is 1. The Kier molecular flexibility index (Phi) is 7.61. The van der Waals surface area contributed by atoms with E-state index in [0.29, 0.717) is 11.8 Å². The number of rotatable bonds is 11. The zero-order valence-corrected chi connectivity index (χ0v) is 18.4. The molecule has 2 heterocycles. The summed E-state index contributed by atoms with van der Waals surface area (Å²) in [4.78, 5) is 14.5. The Bertz CT molecular complexity index is 1140. The number of hydrogen-bond donors (Lipinski definition) is 0. The third-order valence-corrected chi connectivity index (χ3v) is 4.79. The standard InChI is InChI=1S/C19H21N3O9S/c1-13-5-8-16(9-6-13)32(23,24)31-30-29-28-14(2)26-18-12-25-17(21-18)10-7-15-11-20-19(27-15)22(3)4/h5-12,14H,1-4H3/b10-7+. The molecule has 12 nitrogen and oxygen atoms in total. The summed E-state index contributed by atoms with van der Waals surface area (Å²) in [6.07, 6.45) is 4.94. The van der Waals surface area contributed by atoms with Gasteiger partial charge in [-0.3, -0.25) is 0 Å². The largest absolute Gasteiger partial charge is 0.443 e. The summed E-state index contributed by atoms with van der Waals surface area (Å²) >= 11 is 0. The quantitative estimate of drug-likeness (QED) is 0.177. The molecule has 0 aliphatic rings. The fraction of sp³-hybridized carbons (Fsp3) is 0.263. The minimum atomic E-state index is -4.18. The molecule has 1 atom stereocenters. The van der Waals surface area contributed by atoms with Crippen LogP contribution in [0.3, 0.4) is 0 Å². The zero-order valence-electron chi connectivity index (χ0n) is 17.6. The first-order chi connectivity index (χ1) is 15.2. The predicted molar refractivity (Wildman–Crippen MR) is 109 cm³/mol. The predicted octanol–water partition coefficient (Wildman–Crippen LogP) is 3.13. The number of oxazole rings is 2. The van der Waals surface area contributed by atoms with Gasteiger partial charge in [0.15, 0.2) is 6.26 Å². The van der Waals surface area contributed by atoms with E-state index in [-0.39, 0.29) is 16.7 Å². The van der Waals surface area contributed by atoms with Crippen LogP contribution in [0.4, 0.5) is 6.01 Å². The van der Waals surface area contributed by atoms with Crippen molar-refractivity contribution in [3.63, 3.8) is 0 Å². The fourth-order valence-corrected chi connectivity index (χ4v) is 2.81. The molecule has 0 N–H and O–H groups in total. The fourth-order valence-electron chi connectivity index (χ4n) is 2.17. The average Bonchev–Trinajstić information content (AvgIpc) is 3.39. The summed E-state index contributed by atoms with van der Waals surface area (Å²) in [5.74, 6) is 0.831. The van der Waals surface area contributed by atoms with E-state index in [9.17, 15) is 8.42 Å². The summed E-state index contributed by atoms with van der Waals surface area (Å²) < 4.78 is 44.1. The molecule has 0 bridgehead atoms. The Morgan fingerprint density at radius 2 is 1.88 bits per heavy atom. The summed E-state index contributed by atoms with van der Waals surface area (Å²) in [6.45, 7) is 3.26. The van der Waals surface area contributed by atoms with Gasteiger partial charge in [0.2, 0.25) is 12.2 Å². The molecule has 172 valence electrons. The van der Waals surface area contributed by atoms with Gasteiger partial charge in [-0.1, -0.05) is 22.0 Å². The van der Waals surface area contributed by atoms with Gasteiger partial charge in [-0.25, -0.2) is 4.98 Å². The van der Waals surface area contributed by atoms with Crippen LogP contribution in [0, 0.1) is 6.92 Å². The average molecular weight is 467 g/mol. The van der Waals surface area contributed by atoms with Gasteiger partial charge in [0.25, 0.3) is 11.9 Å². The molecule has 1 unspecified atom stereocenters. The third kappa shape index (κ3) is 6.63. The van der Waals surface area contributed by atoms with Crippen molar-refractivity contribution in [1.29, 1.82) is 0 Å². The first kappa shape index (κ1) is 23.4. The highest BCUT2D eigenvalue weighted by Crippen LogP contribution is 2.18. The number of hydrogen-bond acceptors (Lipinski definition) is 12. The van der Waals surface area contributed by atoms with E-state index < -0.39 is 16.4 Å². The van der Waals surface area contributed by atoms with Gasteiger partial charge < -0.3 is 18.5 Å². The lowest BCUT2D eigenvalue weighted by molar-refractivity contribution is -0.623. The van der Waals surface area contributed by atoms with Crippen molar-refractivity contribution in [2.24, 2.45) is 0 Å². The second-order valence-corrected chi connectivity index (χ2v) is 8.07. The smallest absolute Gasteiger partial charge is 0.325 e. The van der Waals surface area contributed by atoms with Gasteiger partial charge in [-0.2, -0.15) is 18.3 Å². The SMILES string of the molecule is Cc1ccc(S(=O)(=O)OOOOC(C)Oc2coc(/C=C/c3cnc(N(C)C)o3)n2)cc1. The van der Waals surface area contributed by atoms with Crippen LogP contribution < -0.4 is 9.64 Å². The van der Waals surface area contributed by atoms with Crippen molar-refractivity contribution in [2.45, 2.75) is 25.0 Å². The summed E-state index contributed by atoms with van der Waals surface area (Å²) in [5.41, 5.74) is 0.887. The van der Waals surface area contributed by atoms with E-state index in [2.05, 4.69) is 24.4 Å². The van der Waals surface area contributed by atoms with Gasteiger partial charge in [0.1, 0.15) is 5.76 Å². The molecular formula is C19H21N3O9S. The summed E-state index contributed by atoms with van der Waals surface area (Å²) in [5, 5.41) is 8.40. The van der Waals surface area contributed by atoms with Gasteiger partial charge >= 0.3 is 10.1 Å². The molecule has 32 heavy (non-hydrogen) atoms. The first-order valence-corrected chi connectivity index (χ1v) is 10.6. The summed E-state index contributed by atoms with van der Waals surface area (Å²) in [7, 11) is -0.562. The molecule has 0 saturated carbocycles. The molecule has 3 rings (SSSR count). The van der Waals surface area contributed by atoms with Crippen LogP contribution in [-0.4, -0.2) is 38.8 Å². The van der Waals surface area contributed by atoms with Crippen LogP contribution in [0.25, 0.3) is 12.2 Å². The molecule has 13 heteroatoms. The molecular weight excluding hydrogens is 446 g/mol. The topological polar surface area (TPSA) is 136 Å². The van der Waals surface area contributed by atoms with Crippen LogP contribution >= 0.6 is 0 Å². The Morgan fingerprint density at radius 3 is 2.56 bits per heavy atom. The molecule has 0 fully saturated rings. The number of benzene rings is 1. The van der Waals surface area contributed by atoms with E-state index in [1.165, 1.54) is 25.3 Å². The second kappa shape index (κ2) is 10.4. The minimum absolute atomic E-state index is 0.0838. The van der Waals surface area contributed by atoms with Gasteiger partial charge in [-0.05, 0) is 35.2 Å². The monoisotopic (exact) mass is 467 g/mol.